The molecular formula is C26H20. The Labute approximate surface area is 155 Å². The predicted molar refractivity (Wildman–Crippen MR) is 111 cm³/mol. The highest BCUT2D eigenvalue weighted by molar-refractivity contribution is 5.85. The van der Waals surface area contributed by atoms with E-state index in [0.29, 0.717) is 0 Å². The van der Waals surface area contributed by atoms with Gasteiger partial charge in [0.05, 0.1) is 5.57 Å². The second-order valence-electron chi connectivity index (χ2n) is 5.90. The topological polar surface area (TPSA) is 0 Å². The van der Waals surface area contributed by atoms with Gasteiger partial charge in [0.25, 0.3) is 0 Å². The van der Waals surface area contributed by atoms with Crippen molar-refractivity contribution in [3.05, 3.63) is 131 Å². The van der Waals surface area contributed by atoms with Crippen LogP contribution in [-0.2, 0) is 0 Å². The maximum Gasteiger partial charge on any atom is 0.0696 e. The first kappa shape index (κ1) is 17.3. The van der Waals surface area contributed by atoms with Crippen LogP contribution in [0.3, 0.4) is 0 Å². The van der Waals surface area contributed by atoms with Crippen molar-refractivity contribution in [3.63, 3.8) is 0 Å². The molecule has 0 spiro atoms. The van der Waals surface area contributed by atoms with Crippen LogP contribution in [0.4, 0.5) is 0 Å². The predicted octanol–water partition coefficient (Wildman–Crippen LogP) is 6.27. The van der Waals surface area contributed by atoms with Crippen molar-refractivity contribution in [1.29, 1.82) is 0 Å². The van der Waals surface area contributed by atoms with Gasteiger partial charge in [0.15, 0.2) is 0 Å². The molecule has 3 aromatic carbocycles. The zero-order chi connectivity index (χ0) is 18.2. The minimum Gasteiger partial charge on any atom is -0.111 e. The highest BCUT2D eigenvalue weighted by atomic mass is 14.1. The Bertz CT molecular complexity index is 963. The molecule has 0 N–H and O–H groups in total. The van der Waals surface area contributed by atoms with E-state index in [9.17, 15) is 0 Å². The number of benzene rings is 3. The molecule has 0 aromatic heterocycles. The summed E-state index contributed by atoms with van der Waals surface area (Å²) in [6.07, 6.45) is 0. The molecule has 0 heterocycles. The van der Waals surface area contributed by atoms with E-state index in [0.717, 1.165) is 33.4 Å². The van der Waals surface area contributed by atoms with Crippen LogP contribution in [0.2, 0.25) is 0 Å². The van der Waals surface area contributed by atoms with E-state index in [1.807, 2.05) is 42.5 Å². The molecule has 0 fully saturated rings. The molecule has 124 valence electrons. The minimum atomic E-state index is 0.816. The first-order chi connectivity index (χ1) is 12.8. The second kappa shape index (κ2) is 8.54. The number of allylic oxidation sites excluding steroid dienone is 2. The SMILES string of the molecule is C=C=C(C#Cc1ccccc1)C(C)=C(c1ccccc1)c1ccccc1. The van der Waals surface area contributed by atoms with Crippen molar-refractivity contribution in [1.82, 2.24) is 0 Å². The first-order valence-corrected chi connectivity index (χ1v) is 8.59. The molecule has 3 rings (SSSR count). The monoisotopic (exact) mass is 332 g/mol. The average Bonchev–Trinajstić information content (AvgIpc) is 2.71. The van der Waals surface area contributed by atoms with E-state index in [1.54, 1.807) is 0 Å². The van der Waals surface area contributed by atoms with Crippen molar-refractivity contribution in [2.75, 3.05) is 0 Å². The Morgan fingerprint density at radius 2 is 1.15 bits per heavy atom. The summed E-state index contributed by atoms with van der Waals surface area (Å²) in [7, 11) is 0. The van der Waals surface area contributed by atoms with Gasteiger partial charge in [0, 0.05) is 5.56 Å². The summed E-state index contributed by atoms with van der Waals surface area (Å²) in [6, 6.07) is 30.7. The molecule has 0 radical (unpaired) electrons. The van der Waals surface area contributed by atoms with E-state index in [2.05, 4.69) is 79.6 Å². The zero-order valence-corrected chi connectivity index (χ0v) is 14.9. The summed E-state index contributed by atoms with van der Waals surface area (Å²) in [5.74, 6) is 6.45. The fourth-order valence-electron chi connectivity index (χ4n) is 2.86. The van der Waals surface area contributed by atoms with Gasteiger partial charge in [-0.1, -0.05) is 97.3 Å². The Balaban J connectivity index is 2.13. The zero-order valence-electron chi connectivity index (χ0n) is 14.9. The molecule has 0 saturated carbocycles. The minimum absolute atomic E-state index is 0.816. The largest absolute Gasteiger partial charge is 0.111 e. The van der Waals surface area contributed by atoms with Crippen LogP contribution >= 0.6 is 0 Å². The molecule has 0 amide bonds. The Kier molecular flexibility index (Phi) is 5.69. The van der Waals surface area contributed by atoms with Gasteiger partial charge in [-0.3, -0.25) is 0 Å². The second-order valence-corrected chi connectivity index (χ2v) is 5.90. The summed E-state index contributed by atoms with van der Waals surface area (Å²) in [5.41, 5.74) is 9.36. The maximum atomic E-state index is 3.87. The third kappa shape index (κ3) is 4.11. The average molecular weight is 332 g/mol. The molecule has 26 heavy (non-hydrogen) atoms. The van der Waals surface area contributed by atoms with Crippen LogP contribution in [0.1, 0.15) is 23.6 Å². The number of hydrogen-bond donors (Lipinski definition) is 0. The van der Waals surface area contributed by atoms with Crippen LogP contribution < -0.4 is 0 Å². The van der Waals surface area contributed by atoms with Crippen LogP contribution in [0, 0.1) is 11.8 Å². The fourth-order valence-corrected chi connectivity index (χ4v) is 2.86. The Morgan fingerprint density at radius 1 is 0.692 bits per heavy atom. The van der Waals surface area contributed by atoms with Gasteiger partial charge in [-0.15, -0.1) is 5.73 Å². The molecule has 0 atom stereocenters. The molecule has 0 unspecified atom stereocenters. The third-order valence-electron chi connectivity index (χ3n) is 4.16. The Hall–Kier alpha value is -3.52. The highest BCUT2D eigenvalue weighted by Crippen LogP contribution is 2.29. The van der Waals surface area contributed by atoms with Gasteiger partial charge in [-0.2, -0.15) is 0 Å². The van der Waals surface area contributed by atoms with Crippen molar-refractivity contribution in [2.45, 2.75) is 6.92 Å². The van der Waals surface area contributed by atoms with Crippen LogP contribution in [0.5, 0.6) is 0 Å². The van der Waals surface area contributed by atoms with Gasteiger partial charge < -0.3 is 0 Å². The van der Waals surface area contributed by atoms with Crippen molar-refractivity contribution in [3.8, 4) is 11.8 Å². The maximum absolute atomic E-state index is 3.87. The summed E-state index contributed by atoms with van der Waals surface area (Å²) in [6.45, 7) is 5.95. The molecule has 0 nitrogen and oxygen atoms in total. The first-order valence-electron chi connectivity index (χ1n) is 8.59. The molecular weight excluding hydrogens is 312 g/mol. The van der Waals surface area contributed by atoms with E-state index in [1.165, 1.54) is 0 Å². The molecule has 0 aliphatic rings. The van der Waals surface area contributed by atoms with Gasteiger partial charge in [-0.05, 0) is 41.3 Å². The summed E-state index contributed by atoms with van der Waals surface area (Å²) < 4.78 is 0. The Morgan fingerprint density at radius 3 is 1.62 bits per heavy atom. The highest BCUT2D eigenvalue weighted by Gasteiger charge is 2.10. The van der Waals surface area contributed by atoms with Crippen LogP contribution in [-0.4, -0.2) is 0 Å². The smallest absolute Gasteiger partial charge is 0.0696 e. The lowest BCUT2D eigenvalue weighted by Crippen LogP contribution is -1.94. The molecule has 0 heteroatoms. The van der Waals surface area contributed by atoms with Crippen molar-refractivity contribution < 1.29 is 0 Å². The van der Waals surface area contributed by atoms with E-state index < -0.39 is 0 Å². The standard InChI is InChI=1S/C26H20/c1-3-23(20-19-22-13-7-4-8-14-22)21(2)26(24-15-9-5-10-16-24)25-17-11-6-12-18-25/h4-18H,1H2,2H3. The summed E-state index contributed by atoms with van der Waals surface area (Å²) in [4.78, 5) is 0. The third-order valence-corrected chi connectivity index (χ3v) is 4.16. The molecule has 0 bridgehead atoms. The van der Waals surface area contributed by atoms with Crippen molar-refractivity contribution >= 4 is 5.57 Å². The summed E-state index contributed by atoms with van der Waals surface area (Å²) >= 11 is 0. The van der Waals surface area contributed by atoms with Gasteiger partial charge >= 0.3 is 0 Å². The summed E-state index contributed by atoms with van der Waals surface area (Å²) in [5, 5.41) is 0. The van der Waals surface area contributed by atoms with Crippen molar-refractivity contribution in [2.24, 2.45) is 0 Å². The van der Waals surface area contributed by atoms with Crippen LogP contribution in [0.25, 0.3) is 5.57 Å². The molecule has 0 aliphatic carbocycles. The lowest BCUT2D eigenvalue weighted by atomic mass is 9.90. The van der Waals surface area contributed by atoms with Gasteiger partial charge in [0.1, 0.15) is 0 Å². The lowest BCUT2D eigenvalue weighted by Gasteiger charge is -2.13. The fraction of sp³-hybridized carbons (Fsp3) is 0.0385. The number of rotatable bonds is 3. The molecule has 0 saturated heterocycles. The molecule has 0 aliphatic heterocycles. The van der Waals surface area contributed by atoms with E-state index >= 15 is 0 Å². The van der Waals surface area contributed by atoms with Crippen LogP contribution in [0.15, 0.2) is 114 Å². The number of hydrogen-bond acceptors (Lipinski definition) is 0. The van der Waals surface area contributed by atoms with E-state index in [-0.39, 0.29) is 0 Å². The quantitative estimate of drug-likeness (QED) is 0.301. The normalized spacial score (nSPS) is 9.42. The van der Waals surface area contributed by atoms with Gasteiger partial charge in [-0.25, -0.2) is 0 Å². The van der Waals surface area contributed by atoms with Gasteiger partial charge in [0.2, 0.25) is 0 Å². The molecule has 3 aromatic rings. The lowest BCUT2D eigenvalue weighted by molar-refractivity contribution is 1.42. The van der Waals surface area contributed by atoms with E-state index in [4.69, 9.17) is 0 Å².